The minimum Gasteiger partial charge on any atom is -0.381 e. The lowest BCUT2D eigenvalue weighted by Gasteiger charge is -2.14. The highest BCUT2D eigenvalue weighted by Gasteiger charge is 2.19. The molecule has 3 rings (SSSR count). The molecule has 110 valence electrons. The maximum Gasteiger partial charge on any atom is 0.132 e. The number of nitrogens with one attached hydrogen (secondary N) is 1. The van der Waals surface area contributed by atoms with Gasteiger partial charge in [0.2, 0.25) is 0 Å². The smallest absolute Gasteiger partial charge is 0.132 e. The number of benzene rings is 1. The van der Waals surface area contributed by atoms with Crippen molar-refractivity contribution < 1.29 is 4.74 Å². The molecule has 0 saturated carbocycles. The Kier molecular flexibility index (Phi) is 4.15. The maximum atomic E-state index is 5.45. The van der Waals surface area contributed by atoms with Crippen LogP contribution in [0.5, 0.6) is 0 Å². The standard InChI is InChI=1S/C17H21N3O/c1-12-16(14-6-4-3-5-7-14)19-15(20-17(12)18-2)10-13-8-9-21-11-13/h3-7,13H,8-11H2,1-2H3,(H,18,19,20). The van der Waals surface area contributed by atoms with Gasteiger partial charge in [0.1, 0.15) is 11.6 Å². The zero-order valence-corrected chi connectivity index (χ0v) is 12.6. The fourth-order valence-corrected chi connectivity index (χ4v) is 2.78. The summed E-state index contributed by atoms with van der Waals surface area (Å²) in [6.07, 6.45) is 1.99. The summed E-state index contributed by atoms with van der Waals surface area (Å²) in [5.74, 6) is 2.36. The number of rotatable bonds is 4. The van der Waals surface area contributed by atoms with E-state index in [-0.39, 0.29) is 0 Å². The second-order valence-electron chi connectivity index (χ2n) is 5.51. The molecule has 0 aliphatic carbocycles. The molecule has 1 aliphatic rings. The predicted octanol–water partition coefficient (Wildman–Crippen LogP) is 3.07. The number of hydrogen-bond donors (Lipinski definition) is 1. The Hall–Kier alpha value is -1.94. The fraction of sp³-hybridized carbons (Fsp3) is 0.412. The molecule has 2 aromatic rings. The first-order valence-corrected chi connectivity index (χ1v) is 7.46. The van der Waals surface area contributed by atoms with Crippen LogP contribution in [0.4, 0.5) is 5.82 Å². The monoisotopic (exact) mass is 283 g/mol. The highest BCUT2D eigenvalue weighted by atomic mass is 16.5. The van der Waals surface area contributed by atoms with E-state index in [2.05, 4.69) is 29.4 Å². The Labute approximate surface area is 125 Å². The van der Waals surface area contributed by atoms with Crippen LogP contribution in [-0.2, 0) is 11.2 Å². The van der Waals surface area contributed by atoms with Gasteiger partial charge in [-0.15, -0.1) is 0 Å². The summed E-state index contributed by atoms with van der Waals surface area (Å²) < 4.78 is 5.45. The van der Waals surface area contributed by atoms with Gasteiger partial charge in [-0.3, -0.25) is 0 Å². The number of aromatic nitrogens is 2. The molecule has 1 saturated heterocycles. The third kappa shape index (κ3) is 3.05. The summed E-state index contributed by atoms with van der Waals surface area (Å²) in [7, 11) is 1.91. The zero-order chi connectivity index (χ0) is 14.7. The van der Waals surface area contributed by atoms with Gasteiger partial charge in [-0.2, -0.15) is 0 Å². The quantitative estimate of drug-likeness (QED) is 0.936. The molecule has 4 nitrogen and oxygen atoms in total. The van der Waals surface area contributed by atoms with E-state index >= 15 is 0 Å². The molecule has 1 atom stereocenters. The number of anilines is 1. The van der Waals surface area contributed by atoms with E-state index in [9.17, 15) is 0 Å². The topological polar surface area (TPSA) is 47.0 Å². The van der Waals surface area contributed by atoms with E-state index in [0.29, 0.717) is 5.92 Å². The van der Waals surface area contributed by atoms with Crippen molar-refractivity contribution in [1.82, 2.24) is 9.97 Å². The van der Waals surface area contributed by atoms with Crippen LogP contribution >= 0.6 is 0 Å². The second-order valence-corrected chi connectivity index (χ2v) is 5.51. The average molecular weight is 283 g/mol. The number of hydrogen-bond acceptors (Lipinski definition) is 4. The van der Waals surface area contributed by atoms with Crippen LogP contribution < -0.4 is 5.32 Å². The van der Waals surface area contributed by atoms with Gasteiger partial charge in [-0.1, -0.05) is 30.3 Å². The molecule has 1 unspecified atom stereocenters. The van der Waals surface area contributed by atoms with Gasteiger partial charge in [0.15, 0.2) is 0 Å². The summed E-state index contributed by atoms with van der Waals surface area (Å²) >= 11 is 0. The van der Waals surface area contributed by atoms with Gasteiger partial charge < -0.3 is 10.1 Å². The normalized spacial score (nSPS) is 17.9. The lowest BCUT2D eigenvalue weighted by Crippen LogP contribution is -2.10. The van der Waals surface area contributed by atoms with Gasteiger partial charge in [-0.25, -0.2) is 9.97 Å². The van der Waals surface area contributed by atoms with Crippen LogP contribution in [0.3, 0.4) is 0 Å². The molecule has 1 fully saturated rings. The molecule has 0 spiro atoms. The van der Waals surface area contributed by atoms with E-state index < -0.39 is 0 Å². The third-order valence-electron chi connectivity index (χ3n) is 3.97. The van der Waals surface area contributed by atoms with Crippen molar-refractivity contribution in [1.29, 1.82) is 0 Å². The van der Waals surface area contributed by atoms with Crippen molar-refractivity contribution in [3.63, 3.8) is 0 Å². The first kappa shape index (κ1) is 14.0. The van der Waals surface area contributed by atoms with Gasteiger partial charge in [-0.05, 0) is 19.3 Å². The highest BCUT2D eigenvalue weighted by molar-refractivity contribution is 5.67. The van der Waals surface area contributed by atoms with Crippen LogP contribution in [-0.4, -0.2) is 30.2 Å². The molecule has 1 aromatic heterocycles. The van der Waals surface area contributed by atoms with E-state index in [1.54, 1.807) is 0 Å². The van der Waals surface area contributed by atoms with Crippen LogP contribution in [0.1, 0.15) is 17.8 Å². The van der Waals surface area contributed by atoms with E-state index in [0.717, 1.165) is 54.5 Å². The van der Waals surface area contributed by atoms with Crippen LogP contribution in [0.25, 0.3) is 11.3 Å². The zero-order valence-electron chi connectivity index (χ0n) is 12.6. The molecule has 0 bridgehead atoms. The predicted molar refractivity (Wildman–Crippen MR) is 84.4 cm³/mol. The number of ether oxygens (including phenoxy) is 1. The molecule has 0 amide bonds. The Balaban J connectivity index is 1.98. The van der Waals surface area contributed by atoms with Crippen LogP contribution in [0.15, 0.2) is 30.3 Å². The van der Waals surface area contributed by atoms with Crippen molar-refractivity contribution in [3.05, 3.63) is 41.7 Å². The van der Waals surface area contributed by atoms with Gasteiger partial charge >= 0.3 is 0 Å². The largest absolute Gasteiger partial charge is 0.381 e. The summed E-state index contributed by atoms with van der Waals surface area (Å²) in [6, 6.07) is 10.3. The van der Waals surface area contributed by atoms with Crippen LogP contribution in [0.2, 0.25) is 0 Å². The first-order valence-electron chi connectivity index (χ1n) is 7.46. The van der Waals surface area contributed by atoms with Crippen molar-refractivity contribution in [2.24, 2.45) is 5.92 Å². The molecular formula is C17H21N3O. The van der Waals surface area contributed by atoms with Gasteiger partial charge in [0.05, 0.1) is 5.69 Å². The summed E-state index contributed by atoms with van der Waals surface area (Å²) in [4.78, 5) is 9.47. The Morgan fingerprint density at radius 1 is 1.24 bits per heavy atom. The van der Waals surface area contributed by atoms with Gasteiger partial charge in [0.25, 0.3) is 0 Å². The van der Waals surface area contributed by atoms with E-state index in [1.807, 2.05) is 25.2 Å². The van der Waals surface area contributed by atoms with Crippen molar-refractivity contribution >= 4 is 5.82 Å². The summed E-state index contributed by atoms with van der Waals surface area (Å²) in [6.45, 7) is 3.75. The number of nitrogens with zero attached hydrogens (tertiary/aromatic N) is 2. The minimum atomic E-state index is 0.543. The molecule has 0 radical (unpaired) electrons. The Bertz CT molecular complexity index is 607. The fourth-order valence-electron chi connectivity index (χ4n) is 2.78. The molecular weight excluding hydrogens is 262 g/mol. The van der Waals surface area contributed by atoms with Crippen molar-refractivity contribution in [2.45, 2.75) is 19.8 Å². The maximum absolute atomic E-state index is 5.45. The highest BCUT2D eigenvalue weighted by Crippen LogP contribution is 2.27. The van der Waals surface area contributed by atoms with E-state index in [4.69, 9.17) is 9.72 Å². The lowest BCUT2D eigenvalue weighted by molar-refractivity contribution is 0.185. The molecule has 21 heavy (non-hydrogen) atoms. The molecule has 1 aromatic carbocycles. The summed E-state index contributed by atoms with van der Waals surface area (Å²) in [5, 5.41) is 3.19. The summed E-state index contributed by atoms with van der Waals surface area (Å²) in [5.41, 5.74) is 3.25. The second kappa shape index (κ2) is 6.22. The van der Waals surface area contributed by atoms with E-state index in [1.165, 1.54) is 0 Å². The first-order chi connectivity index (χ1) is 10.3. The lowest BCUT2D eigenvalue weighted by atomic mass is 10.0. The molecule has 4 heteroatoms. The van der Waals surface area contributed by atoms with Crippen LogP contribution in [0, 0.1) is 12.8 Å². The third-order valence-corrected chi connectivity index (χ3v) is 3.97. The minimum absolute atomic E-state index is 0.543. The van der Waals surface area contributed by atoms with Crippen molar-refractivity contribution in [3.8, 4) is 11.3 Å². The van der Waals surface area contributed by atoms with Crippen molar-refractivity contribution in [2.75, 3.05) is 25.6 Å². The molecule has 2 heterocycles. The average Bonchev–Trinajstić information content (AvgIpc) is 3.02. The van der Waals surface area contributed by atoms with Gasteiger partial charge in [0, 0.05) is 37.8 Å². The Morgan fingerprint density at radius 3 is 2.71 bits per heavy atom. The molecule has 1 N–H and O–H groups in total. The SMILES string of the molecule is CNc1nc(CC2CCOC2)nc(-c2ccccc2)c1C. The Morgan fingerprint density at radius 2 is 2.05 bits per heavy atom. The molecule has 1 aliphatic heterocycles.